The van der Waals surface area contributed by atoms with E-state index in [0.717, 1.165) is 24.5 Å². The lowest BCUT2D eigenvalue weighted by molar-refractivity contribution is -0.127. The van der Waals surface area contributed by atoms with Crippen molar-refractivity contribution in [3.8, 4) is 0 Å². The van der Waals surface area contributed by atoms with E-state index >= 15 is 0 Å². The molecule has 3 aromatic rings. The molecule has 0 unspecified atom stereocenters. The number of hydrogen-bond donors (Lipinski definition) is 1. The number of benzene rings is 2. The fourth-order valence-electron chi connectivity index (χ4n) is 4.78. The molecular weight excluding hydrogens is 636 g/mol. The van der Waals surface area contributed by atoms with Gasteiger partial charge in [0.1, 0.15) is 17.3 Å². The normalized spacial score (nSPS) is 14.6. The summed E-state index contributed by atoms with van der Waals surface area (Å²) < 4.78 is 43.3. The van der Waals surface area contributed by atoms with Crippen molar-refractivity contribution in [2.45, 2.75) is 37.2 Å². The number of furan rings is 1. The Morgan fingerprint density at radius 1 is 1.23 bits per heavy atom. The van der Waals surface area contributed by atoms with Crippen molar-refractivity contribution in [3.63, 3.8) is 0 Å². The molecule has 1 aromatic heterocycles. The van der Waals surface area contributed by atoms with Crippen LogP contribution in [0.5, 0.6) is 0 Å². The molecule has 0 bridgehead atoms. The van der Waals surface area contributed by atoms with E-state index in [2.05, 4.69) is 17.1 Å². The highest BCUT2D eigenvalue weighted by Crippen LogP contribution is 2.35. The summed E-state index contributed by atoms with van der Waals surface area (Å²) in [6.45, 7) is 6.01. The summed E-state index contributed by atoms with van der Waals surface area (Å²) in [4.78, 5) is 51.3. The van der Waals surface area contributed by atoms with Gasteiger partial charge in [0.15, 0.2) is 9.84 Å². The summed E-state index contributed by atoms with van der Waals surface area (Å²) in [5.41, 5.74) is 1.88. The van der Waals surface area contributed by atoms with Crippen molar-refractivity contribution in [1.29, 1.82) is 0 Å². The maximum Gasteiger partial charge on any atom is 0.308 e. The molecule has 0 radical (unpaired) electrons. The van der Waals surface area contributed by atoms with Gasteiger partial charge in [0, 0.05) is 41.7 Å². The number of carbonyl (C=O) groups is 3. The average Bonchev–Trinajstić information content (AvgIpc) is 3.37. The number of amides is 3. The van der Waals surface area contributed by atoms with Gasteiger partial charge >= 0.3 is 5.91 Å². The van der Waals surface area contributed by atoms with Crippen LogP contribution in [-0.4, -0.2) is 49.9 Å². The van der Waals surface area contributed by atoms with Gasteiger partial charge in [-0.15, -0.1) is 4.91 Å². The topological polar surface area (TPSA) is 143 Å². The lowest BCUT2D eigenvalue weighted by Gasteiger charge is -2.30. The minimum atomic E-state index is -3.79. The number of fused-ring (bicyclic) bond motifs is 1. The zero-order valence-electron chi connectivity index (χ0n) is 23.5. The maximum atomic E-state index is 14.1. The second-order valence-electron chi connectivity index (χ2n) is 10.1. The molecule has 10 nitrogen and oxygen atoms in total. The molecule has 4 rings (SSSR count). The minimum absolute atomic E-state index is 0.00239. The van der Waals surface area contributed by atoms with Crippen molar-refractivity contribution >= 4 is 63.4 Å². The standard InChI is InChI=1S/C30H26Cl2FN3O7S/c1-4-18(13-25-16(2)6-8-43-25)30(39)36-7-5-22-19(15-36)12-23(31)26(27(22)32)29(38)34-24(28(37)35-40)11-17-9-20(33)14-21(10-17)44(3,41)42/h4,6,8-10,12-14,24H,2,5,7,11,15H2,1,3H3,(H,34,38)/b18-4+,25-13+/t24-/m0/s1. The lowest BCUT2D eigenvalue weighted by Crippen LogP contribution is -2.42. The van der Waals surface area contributed by atoms with Gasteiger partial charge in [0.05, 0.1) is 26.8 Å². The zero-order chi connectivity index (χ0) is 32.3. The first-order valence-corrected chi connectivity index (χ1v) is 15.7. The molecule has 0 aliphatic carbocycles. The number of sulfone groups is 1. The number of hydrogen-bond acceptors (Lipinski definition) is 7. The molecule has 1 atom stereocenters. The van der Waals surface area contributed by atoms with E-state index in [9.17, 15) is 32.1 Å². The Kier molecular flexibility index (Phi) is 9.87. The van der Waals surface area contributed by atoms with Gasteiger partial charge in [-0.3, -0.25) is 14.4 Å². The Labute approximate surface area is 261 Å². The third kappa shape index (κ3) is 7.15. The molecule has 0 saturated carbocycles. The smallest absolute Gasteiger partial charge is 0.308 e. The Morgan fingerprint density at radius 2 is 1.95 bits per heavy atom. The van der Waals surface area contributed by atoms with Crippen molar-refractivity contribution in [1.82, 2.24) is 10.2 Å². The third-order valence-corrected chi connectivity index (χ3v) is 8.84. The summed E-state index contributed by atoms with van der Waals surface area (Å²) >= 11 is 13.1. The number of halogens is 3. The lowest BCUT2D eigenvalue weighted by atomic mass is 9.95. The molecular formula is C30H26Cl2FN3O7S. The van der Waals surface area contributed by atoms with E-state index in [0.29, 0.717) is 27.3 Å². The molecule has 44 heavy (non-hydrogen) atoms. The fourth-order valence-corrected chi connectivity index (χ4v) is 6.24. The van der Waals surface area contributed by atoms with Crippen molar-refractivity contribution in [2.75, 3.05) is 12.8 Å². The maximum absolute atomic E-state index is 14.1. The number of nitroso groups, excluding NO2 is 1. The van der Waals surface area contributed by atoms with Crippen molar-refractivity contribution in [2.24, 2.45) is 5.18 Å². The van der Waals surface area contributed by atoms with Crippen LogP contribution in [0, 0.1) is 10.7 Å². The number of allylic oxidation sites excluding steroid dienone is 1. The molecule has 1 N–H and O–H groups in total. The predicted octanol–water partition coefficient (Wildman–Crippen LogP) is 3.49. The second kappa shape index (κ2) is 13.2. The number of rotatable bonds is 8. The average molecular weight is 663 g/mol. The Balaban J connectivity index is 1.58. The zero-order valence-corrected chi connectivity index (χ0v) is 25.9. The summed E-state index contributed by atoms with van der Waals surface area (Å²) in [5, 5.41) is 5.30. The van der Waals surface area contributed by atoms with Gasteiger partial charge in [0.25, 0.3) is 11.8 Å². The molecule has 230 valence electrons. The summed E-state index contributed by atoms with van der Waals surface area (Å²) in [7, 11) is -3.79. The van der Waals surface area contributed by atoms with Crippen LogP contribution in [-0.2, 0) is 38.8 Å². The van der Waals surface area contributed by atoms with Gasteiger partial charge in [0.2, 0.25) is 0 Å². The van der Waals surface area contributed by atoms with Crippen LogP contribution in [0.3, 0.4) is 0 Å². The van der Waals surface area contributed by atoms with E-state index in [-0.39, 0.29) is 51.5 Å². The Morgan fingerprint density at radius 3 is 2.57 bits per heavy atom. The fraction of sp³-hybridized carbons (Fsp3) is 0.233. The van der Waals surface area contributed by atoms with E-state index in [1.54, 1.807) is 30.0 Å². The van der Waals surface area contributed by atoms with Crippen LogP contribution in [0.2, 0.25) is 10.0 Å². The molecule has 2 aromatic carbocycles. The number of carbonyl (C=O) groups excluding carboxylic acids is 3. The van der Waals surface area contributed by atoms with Crippen LogP contribution in [0.4, 0.5) is 4.39 Å². The first kappa shape index (κ1) is 32.8. The first-order valence-electron chi connectivity index (χ1n) is 13.1. The highest BCUT2D eigenvalue weighted by molar-refractivity contribution is 7.90. The molecule has 1 aliphatic heterocycles. The molecule has 3 amide bonds. The van der Waals surface area contributed by atoms with Crippen LogP contribution in [0.25, 0.3) is 12.7 Å². The first-order chi connectivity index (χ1) is 20.7. The largest absolute Gasteiger partial charge is 0.464 e. The summed E-state index contributed by atoms with van der Waals surface area (Å²) in [6, 6.07) is 4.52. The van der Waals surface area contributed by atoms with Crippen LogP contribution in [0.1, 0.15) is 34.0 Å². The van der Waals surface area contributed by atoms with Crippen molar-refractivity contribution < 1.29 is 31.6 Å². The second-order valence-corrected chi connectivity index (χ2v) is 12.9. The van der Waals surface area contributed by atoms with E-state index in [1.165, 1.54) is 12.3 Å². The molecule has 0 spiro atoms. The highest BCUT2D eigenvalue weighted by atomic mass is 35.5. The van der Waals surface area contributed by atoms with Gasteiger partial charge in [-0.1, -0.05) is 35.9 Å². The van der Waals surface area contributed by atoms with Gasteiger partial charge in [-0.25, -0.2) is 12.8 Å². The molecule has 0 saturated heterocycles. The number of nitrogens with one attached hydrogen (secondary N) is 1. The number of nitrogens with zero attached hydrogens (tertiary/aromatic N) is 2. The molecule has 14 heteroatoms. The van der Waals surface area contributed by atoms with E-state index in [4.69, 9.17) is 27.6 Å². The van der Waals surface area contributed by atoms with Gasteiger partial charge in [-0.05, 0) is 66.4 Å². The van der Waals surface area contributed by atoms with Crippen LogP contribution >= 0.6 is 23.2 Å². The molecule has 1 aliphatic rings. The quantitative estimate of drug-likeness (QED) is 0.288. The van der Waals surface area contributed by atoms with Gasteiger partial charge in [-0.2, -0.15) is 0 Å². The molecule has 0 fully saturated rings. The van der Waals surface area contributed by atoms with E-state index in [1.807, 2.05) is 0 Å². The monoisotopic (exact) mass is 661 g/mol. The minimum Gasteiger partial charge on any atom is -0.464 e. The summed E-state index contributed by atoms with van der Waals surface area (Å²) in [5.74, 6) is -3.33. The highest BCUT2D eigenvalue weighted by Gasteiger charge is 2.30. The van der Waals surface area contributed by atoms with Gasteiger partial charge < -0.3 is 14.6 Å². The van der Waals surface area contributed by atoms with Crippen molar-refractivity contribution in [3.05, 3.63) is 102 Å². The summed E-state index contributed by atoms with van der Waals surface area (Å²) in [6.07, 6.45) is 5.47. The third-order valence-electron chi connectivity index (χ3n) is 7.04. The molecule has 2 heterocycles. The Hall–Kier alpha value is -4.13. The van der Waals surface area contributed by atoms with E-state index < -0.39 is 39.9 Å². The Bertz CT molecular complexity index is 1940. The predicted molar refractivity (Wildman–Crippen MR) is 163 cm³/mol. The SMILES string of the molecule is C=c1cco/c1=C/C(=C\C)C(=O)N1CCc2c(cc(Cl)c(C(=O)N[C@@H](Cc3cc(F)cc(S(C)(=O)=O)c3)C(=O)N=O)c2Cl)C1. The van der Waals surface area contributed by atoms with Crippen LogP contribution < -0.4 is 16.0 Å². The van der Waals surface area contributed by atoms with Crippen LogP contribution in [0.15, 0.2) is 62.7 Å².